The zero-order chi connectivity index (χ0) is 37.7. The maximum absolute atomic E-state index is 6.21. The Balaban J connectivity index is 0.956. The zero-order valence-corrected chi connectivity index (χ0v) is 31.2. The minimum atomic E-state index is 0.221. The van der Waals surface area contributed by atoms with Crippen molar-refractivity contribution in [3.05, 3.63) is 235 Å². The molecule has 0 N–H and O–H groups in total. The van der Waals surface area contributed by atoms with Crippen LogP contribution in [0.5, 0.6) is 0 Å². The van der Waals surface area contributed by atoms with Gasteiger partial charge in [0.05, 0.1) is 0 Å². The van der Waals surface area contributed by atoms with Gasteiger partial charge in [0.15, 0.2) is 0 Å². The summed E-state index contributed by atoms with van der Waals surface area (Å²) >= 11 is 0. The van der Waals surface area contributed by atoms with Crippen molar-refractivity contribution in [2.75, 3.05) is 4.90 Å². The van der Waals surface area contributed by atoms with Crippen LogP contribution >= 0.6 is 0 Å². The van der Waals surface area contributed by atoms with Gasteiger partial charge in [-0.15, -0.1) is 0 Å². The molecule has 9 aromatic carbocycles. The van der Waals surface area contributed by atoms with Crippen LogP contribution < -0.4 is 4.90 Å². The standard InChI is InChI=1S/C55H37NO/c1-3-12-37(13-4-1)38-22-27-44(28-23-38)56(46-31-33-54-51(36-46)49-19-9-10-21-53(49)57-54)45-29-24-39(25-30-45)41-16-11-17-42(34-41)43-26-32-48-47-18-7-8-20-50(47)55(52(48)35-43)40-14-5-2-6-15-40/h1-36,55H. The Labute approximate surface area is 332 Å². The van der Waals surface area contributed by atoms with Crippen LogP contribution in [-0.4, -0.2) is 0 Å². The SMILES string of the molecule is c1ccc(-c2ccc(N(c3ccc(-c4cccc(-c5ccc6c(c5)C(c5ccccc5)c5ccccc5-6)c4)cc3)c3ccc4oc5ccccc5c4c3)cc2)cc1. The normalized spacial score (nSPS) is 13.1. The Morgan fingerprint density at radius 2 is 0.842 bits per heavy atom. The molecule has 2 nitrogen and oxygen atoms in total. The van der Waals surface area contributed by atoms with Crippen LogP contribution in [0.4, 0.5) is 17.1 Å². The van der Waals surface area contributed by atoms with Crippen molar-refractivity contribution in [1.29, 1.82) is 0 Å². The van der Waals surface area contributed by atoms with Gasteiger partial charge in [0.25, 0.3) is 0 Å². The van der Waals surface area contributed by atoms with Crippen molar-refractivity contribution >= 4 is 39.0 Å². The van der Waals surface area contributed by atoms with Gasteiger partial charge in [-0.2, -0.15) is 0 Å². The fourth-order valence-electron chi connectivity index (χ4n) is 8.81. The average molecular weight is 728 g/mol. The molecule has 0 radical (unpaired) electrons. The summed E-state index contributed by atoms with van der Waals surface area (Å²) in [7, 11) is 0. The Morgan fingerprint density at radius 1 is 0.316 bits per heavy atom. The maximum Gasteiger partial charge on any atom is 0.135 e. The highest BCUT2D eigenvalue weighted by molar-refractivity contribution is 6.06. The third-order valence-corrected chi connectivity index (χ3v) is 11.6. The average Bonchev–Trinajstić information content (AvgIpc) is 3.83. The highest BCUT2D eigenvalue weighted by atomic mass is 16.3. The monoisotopic (exact) mass is 727 g/mol. The van der Waals surface area contributed by atoms with E-state index in [9.17, 15) is 0 Å². The van der Waals surface area contributed by atoms with E-state index in [0.717, 1.165) is 39.0 Å². The third kappa shape index (κ3) is 5.82. The first-order valence-electron chi connectivity index (χ1n) is 19.6. The number of furan rings is 1. The largest absolute Gasteiger partial charge is 0.456 e. The van der Waals surface area contributed by atoms with Crippen molar-refractivity contribution in [3.63, 3.8) is 0 Å². The molecule has 2 heteroatoms. The summed E-state index contributed by atoms with van der Waals surface area (Å²) < 4.78 is 6.21. The Hall–Kier alpha value is -7.42. The molecule has 0 amide bonds. The minimum absolute atomic E-state index is 0.221. The molecule has 0 bridgehead atoms. The smallest absolute Gasteiger partial charge is 0.135 e. The molecule has 1 aliphatic rings. The number of fused-ring (bicyclic) bond motifs is 6. The van der Waals surface area contributed by atoms with Crippen LogP contribution in [0.1, 0.15) is 22.6 Å². The van der Waals surface area contributed by atoms with Crippen molar-refractivity contribution in [1.82, 2.24) is 0 Å². The molecular formula is C55H37NO. The van der Waals surface area contributed by atoms with Gasteiger partial charge < -0.3 is 9.32 Å². The van der Waals surface area contributed by atoms with Crippen LogP contribution in [0.15, 0.2) is 223 Å². The summed E-state index contributed by atoms with van der Waals surface area (Å²) in [6, 6.07) is 78.9. The fourth-order valence-corrected chi connectivity index (χ4v) is 8.81. The quantitative estimate of drug-likeness (QED) is 0.163. The molecule has 268 valence electrons. The molecule has 11 rings (SSSR count). The number of para-hydroxylation sites is 1. The van der Waals surface area contributed by atoms with Gasteiger partial charge in [0.2, 0.25) is 0 Å². The molecule has 1 aromatic heterocycles. The van der Waals surface area contributed by atoms with E-state index in [4.69, 9.17) is 4.42 Å². The minimum Gasteiger partial charge on any atom is -0.456 e. The van der Waals surface area contributed by atoms with Crippen molar-refractivity contribution < 1.29 is 4.42 Å². The predicted octanol–water partition coefficient (Wildman–Crippen LogP) is 15.2. The van der Waals surface area contributed by atoms with Gasteiger partial charge in [0.1, 0.15) is 11.2 Å². The first-order chi connectivity index (χ1) is 28.2. The second-order valence-electron chi connectivity index (χ2n) is 14.9. The van der Waals surface area contributed by atoms with Crippen molar-refractivity contribution in [2.45, 2.75) is 5.92 Å². The molecule has 0 aliphatic heterocycles. The highest BCUT2D eigenvalue weighted by Gasteiger charge is 2.30. The Bertz CT molecular complexity index is 3050. The second kappa shape index (κ2) is 13.7. The van der Waals surface area contributed by atoms with E-state index in [2.05, 4.69) is 211 Å². The van der Waals surface area contributed by atoms with Crippen LogP contribution in [0.25, 0.3) is 66.4 Å². The summed E-state index contributed by atoms with van der Waals surface area (Å²) in [5.74, 6) is 0.221. The number of hydrogen-bond acceptors (Lipinski definition) is 2. The van der Waals surface area contributed by atoms with E-state index in [1.165, 1.54) is 61.2 Å². The number of hydrogen-bond donors (Lipinski definition) is 0. The molecule has 0 saturated carbocycles. The van der Waals surface area contributed by atoms with Gasteiger partial charge in [-0.1, -0.05) is 158 Å². The summed E-state index contributed by atoms with van der Waals surface area (Å²) in [4.78, 5) is 2.34. The lowest BCUT2D eigenvalue weighted by molar-refractivity contribution is 0.669. The van der Waals surface area contributed by atoms with E-state index in [1.54, 1.807) is 0 Å². The Kier molecular flexibility index (Phi) is 7.93. The second-order valence-corrected chi connectivity index (χ2v) is 14.9. The number of rotatable bonds is 7. The Morgan fingerprint density at radius 3 is 1.61 bits per heavy atom. The molecule has 1 unspecified atom stereocenters. The number of nitrogens with zero attached hydrogens (tertiary/aromatic N) is 1. The number of benzene rings is 9. The molecule has 1 aliphatic carbocycles. The fraction of sp³-hybridized carbons (Fsp3) is 0.0182. The van der Waals surface area contributed by atoms with E-state index in [-0.39, 0.29) is 5.92 Å². The predicted molar refractivity (Wildman–Crippen MR) is 238 cm³/mol. The van der Waals surface area contributed by atoms with Crippen molar-refractivity contribution in [3.8, 4) is 44.5 Å². The number of anilines is 3. The molecular weight excluding hydrogens is 691 g/mol. The molecule has 57 heavy (non-hydrogen) atoms. The summed E-state index contributed by atoms with van der Waals surface area (Å²) in [5.41, 5.74) is 19.0. The summed E-state index contributed by atoms with van der Waals surface area (Å²) in [6.07, 6.45) is 0. The van der Waals surface area contributed by atoms with Crippen molar-refractivity contribution in [2.24, 2.45) is 0 Å². The molecule has 0 saturated heterocycles. The van der Waals surface area contributed by atoms with E-state index >= 15 is 0 Å². The van der Waals surface area contributed by atoms with Gasteiger partial charge in [-0.3, -0.25) is 0 Å². The summed E-state index contributed by atoms with van der Waals surface area (Å²) in [6.45, 7) is 0. The first-order valence-corrected chi connectivity index (χ1v) is 19.6. The van der Waals surface area contributed by atoms with Gasteiger partial charge in [-0.05, 0) is 122 Å². The molecule has 0 fully saturated rings. The van der Waals surface area contributed by atoms with Gasteiger partial charge in [0, 0.05) is 33.8 Å². The third-order valence-electron chi connectivity index (χ3n) is 11.6. The molecule has 1 atom stereocenters. The van der Waals surface area contributed by atoms with Crippen LogP contribution in [0.3, 0.4) is 0 Å². The van der Waals surface area contributed by atoms with Gasteiger partial charge >= 0.3 is 0 Å². The van der Waals surface area contributed by atoms with Gasteiger partial charge in [-0.25, -0.2) is 0 Å². The zero-order valence-electron chi connectivity index (χ0n) is 31.2. The maximum atomic E-state index is 6.21. The van der Waals surface area contributed by atoms with Crippen LogP contribution in [0.2, 0.25) is 0 Å². The summed E-state index contributed by atoms with van der Waals surface area (Å²) in [5, 5.41) is 2.22. The lowest BCUT2D eigenvalue weighted by Crippen LogP contribution is -2.09. The molecule has 1 heterocycles. The lowest BCUT2D eigenvalue weighted by atomic mass is 9.88. The van der Waals surface area contributed by atoms with E-state index < -0.39 is 0 Å². The highest BCUT2D eigenvalue weighted by Crippen LogP contribution is 2.49. The molecule has 0 spiro atoms. The van der Waals surface area contributed by atoms with E-state index in [0.29, 0.717) is 0 Å². The van der Waals surface area contributed by atoms with E-state index in [1.807, 2.05) is 12.1 Å². The lowest BCUT2D eigenvalue weighted by Gasteiger charge is -2.26. The van der Waals surface area contributed by atoms with Crippen LogP contribution in [0, 0.1) is 0 Å². The molecule has 10 aromatic rings. The first kappa shape index (κ1) is 33.0. The van der Waals surface area contributed by atoms with Crippen LogP contribution in [-0.2, 0) is 0 Å². The topological polar surface area (TPSA) is 16.4 Å².